The minimum absolute atomic E-state index is 0.00387. The van der Waals surface area contributed by atoms with Crippen LogP contribution in [0.3, 0.4) is 0 Å². The molecule has 0 aliphatic heterocycles. The first kappa shape index (κ1) is 13.0. The van der Waals surface area contributed by atoms with Gasteiger partial charge in [-0.25, -0.2) is 13.2 Å². The molecule has 2 aromatic carbocycles. The summed E-state index contributed by atoms with van der Waals surface area (Å²) >= 11 is 0. The molecule has 0 spiro atoms. The molecule has 5 heteroatoms. The number of halogens is 3. The Morgan fingerprint density at radius 2 is 1.89 bits per heavy atom. The van der Waals surface area contributed by atoms with Gasteiger partial charge in [-0.15, -0.1) is 0 Å². The number of hydrogen-bond acceptors (Lipinski definition) is 2. The molecule has 0 amide bonds. The van der Waals surface area contributed by atoms with Crippen molar-refractivity contribution in [3.8, 4) is 6.07 Å². The molecule has 0 saturated heterocycles. The van der Waals surface area contributed by atoms with Gasteiger partial charge in [-0.05, 0) is 24.3 Å². The van der Waals surface area contributed by atoms with Crippen LogP contribution in [0.4, 0.5) is 18.9 Å². The summed E-state index contributed by atoms with van der Waals surface area (Å²) in [5, 5.41) is 11.6. The summed E-state index contributed by atoms with van der Waals surface area (Å²) in [6, 6.07) is 9.32. The van der Waals surface area contributed by atoms with Crippen molar-refractivity contribution in [3.63, 3.8) is 0 Å². The molecule has 0 atom stereocenters. The van der Waals surface area contributed by atoms with E-state index < -0.39 is 17.5 Å². The van der Waals surface area contributed by atoms with Gasteiger partial charge in [0.1, 0.15) is 11.9 Å². The van der Waals surface area contributed by atoms with Crippen LogP contribution in [0.15, 0.2) is 36.4 Å². The van der Waals surface area contributed by atoms with Gasteiger partial charge < -0.3 is 5.32 Å². The average molecular weight is 262 g/mol. The normalized spacial score (nSPS) is 10.0. The van der Waals surface area contributed by atoms with Gasteiger partial charge in [0, 0.05) is 12.1 Å². The minimum atomic E-state index is -0.935. The first-order valence-electron chi connectivity index (χ1n) is 5.48. The maximum absolute atomic E-state index is 13.4. The monoisotopic (exact) mass is 262 g/mol. The zero-order valence-corrected chi connectivity index (χ0v) is 9.75. The fourth-order valence-corrected chi connectivity index (χ4v) is 1.64. The van der Waals surface area contributed by atoms with Crippen LogP contribution in [0.25, 0.3) is 0 Å². The van der Waals surface area contributed by atoms with E-state index in [0.717, 1.165) is 12.1 Å². The third-order valence-corrected chi connectivity index (χ3v) is 2.60. The molecule has 19 heavy (non-hydrogen) atoms. The lowest BCUT2D eigenvalue weighted by atomic mass is 10.1. The van der Waals surface area contributed by atoms with Gasteiger partial charge in [0.25, 0.3) is 0 Å². The van der Waals surface area contributed by atoms with Crippen molar-refractivity contribution in [2.45, 2.75) is 6.54 Å². The van der Waals surface area contributed by atoms with Crippen molar-refractivity contribution in [3.05, 3.63) is 65.0 Å². The Labute approximate surface area is 108 Å². The molecule has 2 rings (SSSR count). The molecule has 96 valence electrons. The molecule has 0 heterocycles. The second kappa shape index (κ2) is 5.44. The standard InChI is InChI=1S/C14H9F3N2/c15-11-4-5-13(10(6-11)7-18)19-8-9-2-1-3-12(16)14(9)17/h1-6,19H,8H2. The van der Waals surface area contributed by atoms with Crippen LogP contribution in [0.1, 0.15) is 11.1 Å². The van der Waals surface area contributed by atoms with E-state index in [0.29, 0.717) is 5.69 Å². The summed E-state index contributed by atoms with van der Waals surface area (Å²) in [6.45, 7) is 0.00387. The number of rotatable bonds is 3. The topological polar surface area (TPSA) is 35.8 Å². The zero-order chi connectivity index (χ0) is 13.8. The lowest BCUT2D eigenvalue weighted by Crippen LogP contribution is -2.04. The summed E-state index contributed by atoms with van der Waals surface area (Å²) < 4.78 is 39.3. The SMILES string of the molecule is N#Cc1cc(F)ccc1NCc1cccc(F)c1F. The van der Waals surface area contributed by atoms with Crippen LogP contribution in [0.5, 0.6) is 0 Å². The molecule has 2 aromatic rings. The van der Waals surface area contributed by atoms with Gasteiger partial charge in [0.2, 0.25) is 0 Å². The molecule has 0 radical (unpaired) electrons. The molecular formula is C14H9F3N2. The number of nitrogens with zero attached hydrogens (tertiary/aromatic N) is 1. The van der Waals surface area contributed by atoms with Gasteiger partial charge in [0.15, 0.2) is 11.6 Å². The van der Waals surface area contributed by atoms with E-state index in [9.17, 15) is 13.2 Å². The van der Waals surface area contributed by atoms with Crippen LogP contribution in [0.2, 0.25) is 0 Å². The van der Waals surface area contributed by atoms with E-state index in [1.54, 1.807) is 0 Å². The van der Waals surface area contributed by atoms with Crippen molar-refractivity contribution in [1.82, 2.24) is 0 Å². The smallest absolute Gasteiger partial charge is 0.163 e. The Kier molecular flexibility index (Phi) is 3.71. The quantitative estimate of drug-likeness (QED) is 0.917. The van der Waals surface area contributed by atoms with E-state index in [1.165, 1.54) is 24.3 Å². The Bertz CT molecular complexity index is 648. The van der Waals surface area contributed by atoms with E-state index in [2.05, 4.69) is 5.32 Å². The van der Waals surface area contributed by atoms with Crippen LogP contribution in [-0.2, 0) is 6.54 Å². The number of nitrogens with one attached hydrogen (secondary N) is 1. The van der Waals surface area contributed by atoms with Crippen molar-refractivity contribution < 1.29 is 13.2 Å². The van der Waals surface area contributed by atoms with Gasteiger partial charge in [0.05, 0.1) is 11.3 Å². The highest BCUT2D eigenvalue weighted by molar-refractivity contribution is 5.57. The van der Waals surface area contributed by atoms with Crippen LogP contribution in [0, 0.1) is 28.8 Å². The number of benzene rings is 2. The minimum Gasteiger partial charge on any atom is -0.380 e. The fourth-order valence-electron chi connectivity index (χ4n) is 1.64. The molecule has 1 N–H and O–H groups in total. The van der Waals surface area contributed by atoms with E-state index in [-0.39, 0.29) is 17.7 Å². The number of nitriles is 1. The van der Waals surface area contributed by atoms with Gasteiger partial charge in [-0.3, -0.25) is 0 Å². The second-order valence-electron chi connectivity index (χ2n) is 3.87. The van der Waals surface area contributed by atoms with E-state index in [4.69, 9.17) is 5.26 Å². The van der Waals surface area contributed by atoms with Gasteiger partial charge in [-0.2, -0.15) is 5.26 Å². The summed E-state index contributed by atoms with van der Waals surface area (Å²) in [5.41, 5.74) is 0.609. The van der Waals surface area contributed by atoms with Gasteiger partial charge >= 0.3 is 0 Å². The first-order chi connectivity index (χ1) is 9.11. The molecular weight excluding hydrogens is 253 g/mol. The zero-order valence-electron chi connectivity index (χ0n) is 9.75. The van der Waals surface area contributed by atoms with Gasteiger partial charge in [-0.1, -0.05) is 12.1 Å². The van der Waals surface area contributed by atoms with E-state index >= 15 is 0 Å². The molecule has 0 aliphatic carbocycles. The molecule has 2 nitrogen and oxygen atoms in total. The first-order valence-corrected chi connectivity index (χ1v) is 5.48. The van der Waals surface area contributed by atoms with Crippen molar-refractivity contribution in [1.29, 1.82) is 5.26 Å². The summed E-state index contributed by atoms with van der Waals surface area (Å²) in [7, 11) is 0. The Morgan fingerprint density at radius 3 is 2.63 bits per heavy atom. The molecule has 0 bridgehead atoms. The molecule has 0 fully saturated rings. The van der Waals surface area contributed by atoms with Crippen LogP contribution < -0.4 is 5.32 Å². The fraction of sp³-hybridized carbons (Fsp3) is 0.0714. The number of hydrogen-bond donors (Lipinski definition) is 1. The third kappa shape index (κ3) is 2.86. The highest BCUT2D eigenvalue weighted by atomic mass is 19.2. The maximum Gasteiger partial charge on any atom is 0.163 e. The number of anilines is 1. The predicted octanol–water partition coefficient (Wildman–Crippen LogP) is 3.59. The van der Waals surface area contributed by atoms with Crippen molar-refractivity contribution in [2.24, 2.45) is 0 Å². The average Bonchev–Trinajstić information content (AvgIpc) is 2.41. The maximum atomic E-state index is 13.4. The Hall–Kier alpha value is -2.48. The van der Waals surface area contributed by atoms with Crippen molar-refractivity contribution in [2.75, 3.05) is 5.32 Å². The van der Waals surface area contributed by atoms with Crippen LogP contribution in [-0.4, -0.2) is 0 Å². The third-order valence-electron chi connectivity index (χ3n) is 2.60. The predicted molar refractivity (Wildman–Crippen MR) is 64.8 cm³/mol. The Morgan fingerprint density at radius 1 is 1.11 bits per heavy atom. The summed E-state index contributed by atoms with van der Waals surface area (Å²) in [5.74, 6) is -2.39. The highest BCUT2D eigenvalue weighted by Gasteiger charge is 2.08. The lowest BCUT2D eigenvalue weighted by molar-refractivity contribution is 0.500. The molecule has 0 saturated carbocycles. The van der Waals surface area contributed by atoms with Crippen LogP contribution >= 0.6 is 0 Å². The highest BCUT2D eigenvalue weighted by Crippen LogP contribution is 2.18. The largest absolute Gasteiger partial charge is 0.380 e. The Balaban J connectivity index is 2.20. The second-order valence-corrected chi connectivity index (χ2v) is 3.87. The molecule has 0 aromatic heterocycles. The molecule has 0 unspecified atom stereocenters. The van der Waals surface area contributed by atoms with E-state index in [1.807, 2.05) is 6.07 Å². The van der Waals surface area contributed by atoms with Crippen molar-refractivity contribution >= 4 is 5.69 Å². The molecule has 0 aliphatic rings. The summed E-state index contributed by atoms with van der Waals surface area (Å²) in [4.78, 5) is 0. The lowest BCUT2D eigenvalue weighted by Gasteiger charge is -2.09. The summed E-state index contributed by atoms with van der Waals surface area (Å²) in [6.07, 6.45) is 0.